The van der Waals surface area contributed by atoms with Gasteiger partial charge in [-0.25, -0.2) is 9.97 Å². The number of hydrogen-bond acceptors (Lipinski definition) is 9. The van der Waals surface area contributed by atoms with Gasteiger partial charge in [0.2, 0.25) is 5.91 Å². The number of carbonyl (C=O) groups is 2. The molecule has 204 valence electrons. The number of esters is 1. The number of amides is 1. The predicted molar refractivity (Wildman–Crippen MR) is 150 cm³/mol. The summed E-state index contributed by atoms with van der Waals surface area (Å²) in [5.41, 5.74) is 2.38. The summed E-state index contributed by atoms with van der Waals surface area (Å²) < 4.78 is 11.3. The second-order valence-corrected chi connectivity index (χ2v) is 9.82. The van der Waals surface area contributed by atoms with Gasteiger partial charge >= 0.3 is 5.97 Å². The quantitative estimate of drug-likeness (QED) is 0.302. The Hall–Kier alpha value is -4.02. The van der Waals surface area contributed by atoms with Crippen molar-refractivity contribution in [1.29, 1.82) is 0 Å². The molecule has 0 spiro atoms. The fourth-order valence-corrected chi connectivity index (χ4v) is 5.00. The number of anilines is 2. The van der Waals surface area contributed by atoms with Gasteiger partial charge in [-0.2, -0.15) is 0 Å². The lowest BCUT2D eigenvalue weighted by Gasteiger charge is -2.36. The number of nitrogens with zero attached hydrogens (tertiary/aromatic N) is 4. The van der Waals surface area contributed by atoms with Gasteiger partial charge in [0.25, 0.3) is 0 Å². The Kier molecular flexibility index (Phi) is 8.33. The number of nitrogens with one attached hydrogen (secondary N) is 2. The molecule has 0 radical (unpaired) electrons. The molecule has 3 aromatic rings. The van der Waals surface area contributed by atoms with Crippen molar-refractivity contribution in [2.24, 2.45) is 0 Å². The van der Waals surface area contributed by atoms with E-state index in [4.69, 9.17) is 9.47 Å². The van der Waals surface area contributed by atoms with Crippen molar-refractivity contribution in [2.75, 3.05) is 56.6 Å². The van der Waals surface area contributed by atoms with Crippen LogP contribution in [-0.4, -0.2) is 83.6 Å². The zero-order valence-electron chi connectivity index (χ0n) is 22.1. The molecule has 2 atom stereocenters. The summed E-state index contributed by atoms with van der Waals surface area (Å²) >= 11 is 0. The summed E-state index contributed by atoms with van der Waals surface area (Å²) in [6.07, 6.45) is 3.24. The molecule has 1 aromatic heterocycles. The van der Waals surface area contributed by atoms with Gasteiger partial charge in [0, 0.05) is 50.2 Å². The second kappa shape index (κ2) is 12.2. The summed E-state index contributed by atoms with van der Waals surface area (Å²) in [5, 5.41) is 7.11. The molecule has 1 amide bonds. The van der Waals surface area contributed by atoms with Gasteiger partial charge in [-0.3, -0.25) is 19.4 Å². The molecule has 10 heteroatoms. The van der Waals surface area contributed by atoms with Gasteiger partial charge in [0.15, 0.2) is 0 Å². The first-order valence-electron chi connectivity index (χ1n) is 13.3. The van der Waals surface area contributed by atoms with E-state index >= 15 is 0 Å². The first-order chi connectivity index (χ1) is 19.0. The van der Waals surface area contributed by atoms with Gasteiger partial charge < -0.3 is 20.1 Å². The number of fused-ring (bicyclic) bond motifs is 1. The van der Waals surface area contributed by atoms with E-state index in [0.717, 1.165) is 43.7 Å². The lowest BCUT2D eigenvalue weighted by Crippen LogP contribution is -2.51. The Morgan fingerprint density at radius 3 is 2.72 bits per heavy atom. The molecular formula is C29H34N6O4. The van der Waals surface area contributed by atoms with Crippen molar-refractivity contribution in [3.05, 3.63) is 67.0 Å². The van der Waals surface area contributed by atoms with Gasteiger partial charge in [-0.1, -0.05) is 36.9 Å². The van der Waals surface area contributed by atoms with Crippen LogP contribution < -0.4 is 15.4 Å². The molecule has 2 aliphatic heterocycles. The summed E-state index contributed by atoms with van der Waals surface area (Å²) in [5.74, 6) is 0.779. The lowest BCUT2D eigenvalue weighted by atomic mass is 10.1. The fourth-order valence-electron chi connectivity index (χ4n) is 5.00. The Bertz CT molecular complexity index is 1330. The monoisotopic (exact) mass is 530 g/mol. The third-order valence-electron chi connectivity index (χ3n) is 7.26. The number of piperazine rings is 1. The fraction of sp³-hybridized carbons (Fsp3) is 0.379. The molecule has 2 aliphatic rings. The highest BCUT2D eigenvalue weighted by Gasteiger charge is 2.31. The van der Waals surface area contributed by atoms with E-state index in [1.165, 1.54) is 12.4 Å². The van der Waals surface area contributed by atoms with Crippen LogP contribution in [0.3, 0.4) is 0 Å². The standard InChI is InChI=1S/C29H34N6O4/c1-3-27(36)33-25-16-23-24(30-19-31-29(23)32-20(2)21-7-5-4-6-8-21)17-26(25)38-14-13-34-9-11-35(12-10-34)22-15-28(37)39-18-22/h3-8,16-17,19-20,22H,1,9-15,18H2,2H3,(H,33,36)(H,30,31,32). The lowest BCUT2D eigenvalue weighted by molar-refractivity contribution is -0.137. The van der Waals surface area contributed by atoms with Crippen LogP contribution in [-0.2, 0) is 14.3 Å². The van der Waals surface area contributed by atoms with Crippen molar-refractivity contribution >= 4 is 34.3 Å². The molecule has 0 bridgehead atoms. The van der Waals surface area contributed by atoms with Crippen LogP contribution in [0.4, 0.5) is 11.5 Å². The van der Waals surface area contributed by atoms with E-state index in [9.17, 15) is 9.59 Å². The smallest absolute Gasteiger partial charge is 0.307 e. The molecule has 0 aliphatic carbocycles. The topological polar surface area (TPSA) is 109 Å². The van der Waals surface area contributed by atoms with Crippen molar-refractivity contribution in [1.82, 2.24) is 19.8 Å². The number of carbonyl (C=O) groups excluding carboxylic acids is 2. The van der Waals surface area contributed by atoms with Crippen LogP contribution in [0.25, 0.3) is 10.9 Å². The highest BCUT2D eigenvalue weighted by Crippen LogP contribution is 2.33. The highest BCUT2D eigenvalue weighted by atomic mass is 16.5. The van der Waals surface area contributed by atoms with Gasteiger partial charge in [-0.05, 0) is 24.6 Å². The first kappa shape index (κ1) is 26.6. The molecule has 2 saturated heterocycles. The number of benzene rings is 2. The Labute approximate surface area is 228 Å². The van der Waals surface area contributed by atoms with Crippen molar-refractivity contribution in [3.63, 3.8) is 0 Å². The van der Waals surface area contributed by atoms with E-state index in [1.54, 1.807) is 0 Å². The van der Waals surface area contributed by atoms with Crippen LogP contribution >= 0.6 is 0 Å². The Balaban J connectivity index is 1.26. The van der Waals surface area contributed by atoms with Crippen LogP contribution in [0.5, 0.6) is 5.75 Å². The van der Waals surface area contributed by atoms with Crippen molar-refractivity contribution in [2.45, 2.75) is 25.4 Å². The zero-order chi connectivity index (χ0) is 27.2. The first-order valence-corrected chi connectivity index (χ1v) is 13.3. The van der Waals surface area contributed by atoms with Crippen LogP contribution in [0.15, 0.2) is 61.4 Å². The van der Waals surface area contributed by atoms with E-state index < -0.39 is 0 Å². The van der Waals surface area contributed by atoms with Crippen molar-refractivity contribution in [3.8, 4) is 5.75 Å². The third kappa shape index (κ3) is 6.52. The van der Waals surface area contributed by atoms with Crippen LogP contribution in [0.1, 0.15) is 24.9 Å². The SMILES string of the molecule is C=CC(=O)Nc1cc2c(NC(C)c3ccccc3)ncnc2cc1OCCN1CCN(C2COC(=O)C2)CC1. The molecular weight excluding hydrogens is 496 g/mol. The summed E-state index contributed by atoms with van der Waals surface area (Å²) in [4.78, 5) is 37.3. The largest absolute Gasteiger partial charge is 0.490 e. The predicted octanol–water partition coefficient (Wildman–Crippen LogP) is 3.24. The maximum atomic E-state index is 12.2. The van der Waals surface area contributed by atoms with Crippen LogP contribution in [0.2, 0.25) is 0 Å². The molecule has 2 fully saturated rings. The van der Waals surface area contributed by atoms with Crippen LogP contribution in [0, 0.1) is 0 Å². The van der Waals surface area contributed by atoms with Gasteiger partial charge in [0.1, 0.15) is 31.1 Å². The minimum Gasteiger partial charge on any atom is -0.490 e. The molecule has 2 unspecified atom stereocenters. The number of rotatable bonds is 10. The van der Waals surface area contributed by atoms with E-state index in [0.29, 0.717) is 42.4 Å². The third-order valence-corrected chi connectivity index (χ3v) is 7.26. The Morgan fingerprint density at radius 1 is 1.21 bits per heavy atom. The van der Waals surface area contributed by atoms with Gasteiger partial charge in [0.05, 0.1) is 23.7 Å². The van der Waals surface area contributed by atoms with E-state index in [2.05, 4.69) is 56.0 Å². The molecule has 39 heavy (non-hydrogen) atoms. The summed E-state index contributed by atoms with van der Waals surface area (Å²) in [6, 6.07) is 14.0. The minimum atomic E-state index is -0.325. The number of cyclic esters (lactones) is 1. The average molecular weight is 531 g/mol. The summed E-state index contributed by atoms with van der Waals surface area (Å²) in [7, 11) is 0. The molecule has 5 rings (SSSR count). The summed E-state index contributed by atoms with van der Waals surface area (Å²) in [6.45, 7) is 10.9. The number of hydrogen-bond donors (Lipinski definition) is 2. The number of ether oxygens (including phenoxy) is 2. The highest BCUT2D eigenvalue weighted by molar-refractivity contribution is 6.03. The zero-order valence-corrected chi connectivity index (χ0v) is 22.1. The van der Waals surface area contributed by atoms with Crippen molar-refractivity contribution < 1.29 is 19.1 Å². The second-order valence-electron chi connectivity index (χ2n) is 9.82. The molecule has 10 nitrogen and oxygen atoms in total. The minimum absolute atomic E-state index is 0.0218. The van der Waals surface area contributed by atoms with E-state index in [1.807, 2.05) is 30.3 Å². The Morgan fingerprint density at radius 2 is 2.00 bits per heavy atom. The average Bonchev–Trinajstić information content (AvgIpc) is 3.40. The molecule has 2 N–H and O–H groups in total. The maximum Gasteiger partial charge on any atom is 0.307 e. The molecule has 3 heterocycles. The molecule has 2 aromatic carbocycles. The van der Waals surface area contributed by atoms with E-state index in [-0.39, 0.29) is 24.0 Å². The molecule has 0 saturated carbocycles. The normalized spacial score (nSPS) is 18.9. The maximum absolute atomic E-state index is 12.2. The number of aromatic nitrogens is 2. The van der Waals surface area contributed by atoms with Gasteiger partial charge in [-0.15, -0.1) is 0 Å².